The van der Waals surface area contributed by atoms with Crippen molar-refractivity contribution in [2.24, 2.45) is 0 Å². The molecule has 2 rings (SSSR count). The molecule has 0 bridgehead atoms. The first-order valence-corrected chi connectivity index (χ1v) is 5.73. The van der Waals surface area contributed by atoms with Gasteiger partial charge in [-0.15, -0.1) is 5.10 Å². The molecule has 1 aromatic heterocycles. The maximum atomic E-state index is 3.93. The Hall–Kier alpha value is -0.940. The molecule has 2 N–H and O–H groups in total. The molecule has 5 nitrogen and oxygen atoms in total. The molecule has 2 heterocycles. The van der Waals surface area contributed by atoms with Gasteiger partial charge < -0.3 is 10.6 Å². The number of piperidine rings is 1. The molecule has 0 amide bonds. The molecule has 1 aromatic rings. The first kappa shape index (κ1) is 10.6. The van der Waals surface area contributed by atoms with Crippen molar-refractivity contribution in [3.05, 3.63) is 12.4 Å². The minimum atomic E-state index is 0.710. The summed E-state index contributed by atoms with van der Waals surface area (Å²) in [5.41, 5.74) is 0. The summed E-state index contributed by atoms with van der Waals surface area (Å²) >= 11 is 0. The quantitative estimate of drug-likeness (QED) is 0.671. The SMILES string of the molecule is c1cn(CCCNC2CCNCC2)nn1. The third-order valence-corrected chi connectivity index (χ3v) is 2.81. The van der Waals surface area contributed by atoms with Crippen LogP contribution in [0.15, 0.2) is 12.4 Å². The predicted octanol–water partition coefficient (Wildman–Crippen LogP) is 0.00980. The summed E-state index contributed by atoms with van der Waals surface area (Å²) in [5.74, 6) is 0. The molecule has 1 aliphatic heterocycles. The lowest BCUT2D eigenvalue weighted by atomic mass is 10.1. The van der Waals surface area contributed by atoms with Gasteiger partial charge in [0.25, 0.3) is 0 Å². The number of hydrogen-bond acceptors (Lipinski definition) is 4. The largest absolute Gasteiger partial charge is 0.317 e. The van der Waals surface area contributed by atoms with Gasteiger partial charge >= 0.3 is 0 Å². The van der Waals surface area contributed by atoms with E-state index in [0.717, 1.165) is 32.6 Å². The van der Waals surface area contributed by atoms with Gasteiger partial charge in [-0.3, -0.25) is 4.68 Å². The van der Waals surface area contributed by atoms with Crippen molar-refractivity contribution >= 4 is 0 Å². The number of aryl methyl sites for hydroxylation is 1. The molecule has 0 spiro atoms. The van der Waals surface area contributed by atoms with E-state index in [1.165, 1.54) is 12.8 Å². The summed E-state index contributed by atoms with van der Waals surface area (Å²) in [7, 11) is 0. The molecule has 1 saturated heterocycles. The monoisotopic (exact) mass is 209 g/mol. The highest BCUT2D eigenvalue weighted by atomic mass is 15.4. The normalized spacial score (nSPS) is 18.1. The average Bonchev–Trinajstić information content (AvgIpc) is 2.79. The minimum absolute atomic E-state index is 0.710. The van der Waals surface area contributed by atoms with Gasteiger partial charge in [0.1, 0.15) is 0 Å². The van der Waals surface area contributed by atoms with E-state index in [1.54, 1.807) is 6.20 Å². The summed E-state index contributed by atoms with van der Waals surface area (Å²) in [5, 5.41) is 14.7. The number of nitrogens with zero attached hydrogens (tertiary/aromatic N) is 3. The third-order valence-electron chi connectivity index (χ3n) is 2.81. The number of hydrogen-bond donors (Lipinski definition) is 2. The predicted molar refractivity (Wildman–Crippen MR) is 58.5 cm³/mol. The van der Waals surface area contributed by atoms with Gasteiger partial charge in [-0.1, -0.05) is 5.21 Å². The van der Waals surface area contributed by atoms with Crippen molar-refractivity contribution in [3.8, 4) is 0 Å². The van der Waals surface area contributed by atoms with Crippen molar-refractivity contribution in [2.45, 2.75) is 31.8 Å². The van der Waals surface area contributed by atoms with Crippen LogP contribution in [0.2, 0.25) is 0 Å². The van der Waals surface area contributed by atoms with Gasteiger partial charge in [0.05, 0.1) is 6.20 Å². The number of aromatic nitrogens is 3. The van der Waals surface area contributed by atoms with Crippen LogP contribution in [0, 0.1) is 0 Å². The fourth-order valence-corrected chi connectivity index (χ4v) is 1.93. The summed E-state index contributed by atoms with van der Waals surface area (Å²) in [6.07, 6.45) is 7.25. The summed E-state index contributed by atoms with van der Waals surface area (Å²) < 4.78 is 1.88. The Labute approximate surface area is 90.2 Å². The fourth-order valence-electron chi connectivity index (χ4n) is 1.93. The zero-order valence-corrected chi connectivity index (χ0v) is 9.02. The zero-order chi connectivity index (χ0) is 10.3. The van der Waals surface area contributed by atoms with E-state index in [0.29, 0.717) is 6.04 Å². The molecule has 1 aliphatic rings. The standard InChI is InChI=1S/C10H19N5/c1(8-15-9-7-13-14-15)4-12-10-2-5-11-6-3-10/h7,9-12H,1-6,8H2. The highest BCUT2D eigenvalue weighted by Crippen LogP contribution is 2.01. The van der Waals surface area contributed by atoms with E-state index < -0.39 is 0 Å². The molecule has 0 radical (unpaired) electrons. The molecular weight excluding hydrogens is 190 g/mol. The number of nitrogens with one attached hydrogen (secondary N) is 2. The number of rotatable bonds is 5. The molecular formula is C10H19N5. The van der Waals surface area contributed by atoms with Crippen LogP contribution in [-0.2, 0) is 6.54 Å². The molecule has 15 heavy (non-hydrogen) atoms. The van der Waals surface area contributed by atoms with Crippen molar-refractivity contribution in [1.82, 2.24) is 25.6 Å². The second-order valence-electron chi connectivity index (χ2n) is 4.00. The van der Waals surface area contributed by atoms with Crippen LogP contribution >= 0.6 is 0 Å². The minimum Gasteiger partial charge on any atom is -0.317 e. The van der Waals surface area contributed by atoms with E-state index in [-0.39, 0.29) is 0 Å². The van der Waals surface area contributed by atoms with Gasteiger partial charge in [-0.25, -0.2) is 0 Å². The third kappa shape index (κ3) is 3.60. The van der Waals surface area contributed by atoms with Crippen LogP contribution in [0.25, 0.3) is 0 Å². The highest BCUT2D eigenvalue weighted by Gasteiger charge is 2.10. The van der Waals surface area contributed by atoms with Gasteiger partial charge in [-0.2, -0.15) is 0 Å². The lowest BCUT2D eigenvalue weighted by Crippen LogP contribution is -2.40. The topological polar surface area (TPSA) is 54.8 Å². The Morgan fingerprint density at radius 2 is 2.27 bits per heavy atom. The summed E-state index contributed by atoms with van der Waals surface area (Å²) in [6.45, 7) is 4.34. The average molecular weight is 209 g/mol. The highest BCUT2D eigenvalue weighted by molar-refractivity contribution is 4.74. The Kier molecular flexibility index (Phi) is 4.11. The van der Waals surface area contributed by atoms with E-state index in [4.69, 9.17) is 0 Å². The Balaban J connectivity index is 1.54. The van der Waals surface area contributed by atoms with Crippen molar-refractivity contribution in [3.63, 3.8) is 0 Å². The molecule has 0 aliphatic carbocycles. The van der Waals surface area contributed by atoms with Crippen molar-refractivity contribution < 1.29 is 0 Å². The Morgan fingerprint density at radius 3 is 3.00 bits per heavy atom. The van der Waals surface area contributed by atoms with Crippen molar-refractivity contribution in [1.29, 1.82) is 0 Å². The van der Waals surface area contributed by atoms with Crippen LogP contribution in [0.3, 0.4) is 0 Å². The molecule has 5 heteroatoms. The molecule has 0 saturated carbocycles. The molecule has 1 fully saturated rings. The molecule has 0 aromatic carbocycles. The summed E-state index contributed by atoms with van der Waals surface area (Å²) in [4.78, 5) is 0. The molecule has 84 valence electrons. The Morgan fingerprint density at radius 1 is 1.40 bits per heavy atom. The van der Waals surface area contributed by atoms with Crippen LogP contribution in [0.4, 0.5) is 0 Å². The summed E-state index contributed by atoms with van der Waals surface area (Å²) in [6, 6.07) is 0.710. The van der Waals surface area contributed by atoms with Gasteiger partial charge in [-0.05, 0) is 38.9 Å². The maximum absolute atomic E-state index is 3.93. The maximum Gasteiger partial charge on any atom is 0.0692 e. The van der Waals surface area contributed by atoms with E-state index in [9.17, 15) is 0 Å². The second-order valence-corrected chi connectivity index (χ2v) is 4.00. The van der Waals surface area contributed by atoms with E-state index in [2.05, 4.69) is 20.9 Å². The van der Waals surface area contributed by atoms with Crippen LogP contribution < -0.4 is 10.6 Å². The van der Waals surface area contributed by atoms with Gasteiger partial charge in [0.15, 0.2) is 0 Å². The second kappa shape index (κ2) is 5.82. The van der Waals surface area contributed by atoms with Crippen LogP contribution in [-0.4, -0.2) is 40.7 Å². The molecule has 0 unspecified atom stereocenters. The van der Waals surface area contributed by atoms with E-state index in [1.807, 2.05) is 10.9 Å². The van der Waals surface area contributed by atoms with Crippen LogP contribution in [0.5, 0.6) is 0 Å². The smallest absolute Gasteiger partial charge is 0.0692 e. The van der Waals surface area contributed by atoms with E-state index >= 15 is 0 Å². The van der Waals surface area contributed by atoms with Crippen LogP contribution in [0.1, 0.15) is 19.3 Å². The van der Waals surface area contributed by atoms with Crippen molar-refractivity contribution in [2.75, 3.05) is 19.6 Å². The lowest BCUT2D eigenvalue weighted by Gasteiger charge is -2.23. The van der Waals surface area contributed by atoms with Gasteiger partial charge in [0.2, 0.25) is 0 Å². The van der Waals surface area contributed by atoms with Gasteiger partial charge in [0, 0.05) is 18.8 Å². The Bertz CT molecular complexity index is 253. The zero-order valence-electron chi connectivity index (χ0n) is 9.02. The first-order valence-electron chi connectivity index (χ1n) is 5.73. The molecule has 0 atom stereocenters. The lowest BCUT2D eigenvalue weighted by molar-refractivity contribution is 0.379. The first-order chi connectivity index (χ1) is 7.45. The fraction of sp³-hybridized carbons (Fsp3) is 0.800.